The Morgan fingerprint density at radius 2 is 1.93 bits per heavy atom. The van der Waals surface area contributed by atoms with Crippen molar-refractivity contribution in [3.8, 4) is 17.0 Å². The molecule has 0 saturated carbocycles. The number of carboxylic acid groups (broad SMARTS) is 1. The molecule has 0 radical (unpaired) electrons. The summed E-state index contributed by atoms with van der Waals surface area (Å²) in [6.45, 7) is 5.04. The fraction of sp³-hybridized carbons (Fsp3) is 0.250. The molecule has 0 amide bonds. The molecule has 4 rings (SSSR count). The highest BCUT2D eigenvalue weighted by Gasteiger charge is 2.26. The summed E-state index contributed by atoms with van der Waals surface area (Å²) in [5.41, 5.74) is 7.76. The minimum Gasteiger partial charge on any atom is -0.481 e. The van der Waals surface area contributed by atoms with Crippen molar-refractivity contribution in [3.63, 3.8) is 0 Å². The standard InChI is InChI=1S/C24H23NO4/c1-15-5-3-6-16(2)24(15)18-8-4-7-17(9-18)13-29-22-10-19-14-28-21(11-23(26)27)20(19)12-25-22/h3-10,12,21H,11,13-14H2,1-2H3,(H,26,27). The lowest BCUT2D eigenvalue weighted by molar-refractivity contribution is -0.140. The number of rotatable bonds is 6. The summed E-state index contributed by atoms with van der Waals surface area (Å²) in [6.07, 6.45) is 1.18. The molecule has 29 heavy (non-hydrogen) atoms. The normalized spacial score (nSPS) is 15.2. The van der Waals surface area contributed by atoms with Gasteiger partial charge in [0.25, 0.3) is 0 Å². The van der Waals surface area contributed by atoms with Gasteiger partial charge in [-0.1, -0.05) is 36.4 Å². The van der Waals surface area contributed by atoms with Crippen molar-refractivity contribution in [1.29, 1.82) is 0 Å². The summed E-state index contributed by atoms with van der Waals surface area (Å²) in [4.78, 5) is 15.3. The quantitative estimate of drug-likeness (QED) is 0.643. The monoisotopic (exact) mass is 389 g/mol. The number of hydrogen-bond acceptors (Lipinski definition) is 4. The molecule has 148 valence electrons. The van der Waals surface area contributed by atoms with E-state index in [4.69, 9.17) is 14.6 Å². The molecule has 0 fully saturated rings. The van der Waals surface area contributed by atoms with E-state index >= 15 is 0 Å². The lowest BCUT2D eigenvalue weighted by Crippen LogP contribution is -2.05. The zero-order valence-electron chi connectivity index (χ0n) is 16.5. The third-order valence-electron chi connectivity index (χ3n) is 5.23. The Hall–Kier alpha value is -3.18. The van der Waals surface area contributed by atoms with E-state index in [1.54, 1.807) is 6.20 Å². The minimum atomic E-state index is -0.882. The van der Waals surface area contributed by atoms with Crippen LogP contribution in [0.5, 0.6) is 5.88 Å². The lowest BCUT2D eigenvalue weighted by Gasteiger charge is -2.12. The second-order valence-corrected chi connectivity index (χ2v) is 7.37. The van der Waals surface area contributed by atoms with Crippen LogP contribution >= 0.6 is 0 Å². The van der Waals surface area contributed by atoms with Crippen LogP contribution in [-0.4, -0.2) is 16.1 Å². The first-order valence-electron chi connectivity index (χ1n) is 9.62. The number of fused-ring (bicyclic) bond motifs is 1. The SMILES string of the molecule is Cc1cccc(C)c1-c1cccc(COc2cc3c(cn2)C(CC(=O)O)OC3)c1. The highest BCUT2D eigenvalue weighted by Crippen LogP contribution is 2.34. The topological polar surface area (TPSA) is 68.7 Å². The van der Waals surface area contributed by atoms with Gasteiger partial charge in [0.1, 0.15) is 6.61 Å². The number of carbonyl (C=O) groups is 1. The fourth-order valence-corrected chi connectivity index (χ4v) is 3.83. The molecule has 1 unspecified atom stereocenters. The number of nitrogens with zero attached hydrogens (tertiary/aromatic N) is 1. The summed E-state index contributed by atoms with van der Waals surface area (Å²) in [5, 5.41) is 8.98. The van der Waals surface area contributed by atoms with Crippen LogP contribution in [0.3, 0.4) is 0 Å². The molecule has 1 aromatic heterocycles. The van der Waals surface area contributed by atoms with Crippen LogP contribution in [0, 0.1) is 13.8 Å². The van der Waals surface area contributed by atoms with Crippen molar-refractivity contribution in [3.05, 3.63) is 82.5 Å². The smallest absolute Gasteiger partial charge is 0.306 e. The summed E-state index contributed by atoms with van der Waals surface area (Å²) in [6, 6.07) is 16.5. The van der Waals surface area contributed by atoms with Gasteiger partial charge in [-0.15, -0.1) is 0 Å². The molecule has 3 aromatic rings. The van der Waals surface area contributed by atoms with Gasteiger partial charge in [-0.05, 0) is 53.3 Å². The van der Waals surface area contributed by atoms with Gasteiger partial charge in [0, 0.05) is 17.8 Å². The third kappa shape index (κ3) is 4.15. The zero-order chi connectivity index (χ0) is 20.4. The molecule has 5 nitrogen and oxygen atoms in total. The van der Waals surface area contributed by atoms with E-state index in [1.165, 1.54) is 22.3 Å². The Kier molecular flexibility index (Phi) is 5.32. The Morgan fingerprint density at radius 3 is 2.69 bits per heavy atom. The highest BCUT2D eigenvalue weighted by molar-refractivity contribution is 5.71. The van der Waals surface area contributed by atoms with Crippen LogP contribution in [0.2, 0.25) is 0 Å². The second kappa shape index (κ2) is 8.05. The van der Waals surface area contributed by atoms with Crippen molar-refractivity contribution in [2.24, 2.45) is 0 Å². The zero-order valence-corrected chi connectivity index (χ0v) is 16.5. The van der Waals surface area contributed by atoms with Gasteiger partial charge in [-0.3, -0.25) is 4.79 Å². The van der Waals surface area contributed by atoms with Crippen molar-refractivity contribution in [2.75, 3.05) is 0 Å². The van der Waals surface area contributed by atoms with Crippen LogP contribution < -0.4 is 4.74 Å². The maximum absolute atomic E-state index is 10.9. The average molecular weight is 389 g/mol. The molecule has 1 aliphatic heterocycles. The maximum atomic E-state index is 10.9. The van der Waals surface area contributed by atoms with Crippen LogP contribution in [0.4, 0.5) is 0 Å². The fourth-order valence-electron chi connectivity index (χ4n) is 3.83. The van der Waals surface area contributed by atoms with Crippen LogP contribution in [0.1, 0.15) is 40.3 Å². The van der Waals surface area contributed by atoms with Crippen LogP contribution in [-0.2, 0) is 22.7 Å². The van der Waals surface area contributed by atoms with E-state index in [9.17, 15) is 4.79 Å². The molecular formula is C24H23NO4. The number of benzene rings is 2. The summed E-state index contributed by atoms with van der Waals surface area (Å²) in [7, 11) is 0. The number of aryl methyl sites for hydroxylation is 2. The number of aromatic nitrogens is 1. The molecule has 1 N–H and O–H groups in total. The first-order valence-corrected chi connectivity index (χ1v) is 9.62. The van der Waals surface area contributed by atoms with Gasteiger partial charge in [0.2, 0.25) is 5.88 Å². The van der Waals surface area contributed by atoms with Crippen molar-refractivity contribution < 1.29 is 19.4 Å². The third-order valence-corrected chi connectivity index (χ3v) is 5.23. The molecular weight excluding hydrogens is 366 g/mol. The summed E-state index contributed by atoms with van der Waals surface area (Å²) < 4.78 is 11.5. The number of pyridine rings is 1. The Bertz CT molecular complexity index is 1040. The molecule has 1 aliphatic rings. The van der Waals surface area contributed by atoms with Gasteiger partial charge >= 0.3 is 5.97 Å². The lowest BCUT2D eigenvalue weighted by atomic mass is 9.95. The van der Waals surface area contributed by atoms with Crippen LogP contribution in [0.25, 0.3) is 11.1 Å². The Balaban J connectivity index is 1.49. The maximum Gasteiger partial charge on any atom is 0.306 e. The predicted molar refractivity (Wildman–Crippen MR) is 110 cm³/mol. The number of aliphatic carboxylic acids is 1. The summed E-state index contributed by atoms with van der Waals surface area (Å²) in [5.74, 6) is -0.368. The summed E-state index contributed by atoms with van der Waals surface area (Å²) >= 11 is 0. The van der Waals surface area contributed by atoms with E-state index in [0.717, 1.165) is 16.7 Å². The van der Waals surface area contributed by atoms with Crippen molar-refractivity contribution in [2.45, 2.75) is 39.6 Å². The second-order valence-electron chi connectivity index (χ2n) is 7.37. The van der Waals surface area contributed by atoms with Crippen molar-refractivity contribution in [1.82, 2.24) is 4.98 Å². The predicted octanol–water partition coefficient (Wildman–Crippen LogP) is 4.99. The molecule has 1 atom stereocenters. The van der Waals surface area contributed by atoms with E-state index in [2.05, 4.69) is 49.2 Å². The number of ether oxygens (including phenoxy) is 2. The Morgan fingerprint density at radius 1 is 1.17 bits per heavy atom. The molecule has 5 heteroatoms. The highest BCUT2D eigenvalue weighted by atomic mass is 16.5. The van der Waals surface area contributed by atoms with Gasteiger partial charge in [0.15, 0.2) is 0 Å². The van der Waals surface area contributed by atoms with Gasteiger partial charge in [0.05, 0.1) is 19.1 Å². The number of hydrogen-bond donors (Lipinski definition) is 1. The minimum absolute atomic E-state index is 0.0556. The van der Waals surface area contributed by atoms with E-state index in [1.807, 2.05) is 18.2 Å². The van der Waals surface area contributed by atoms with E-state index in [0.29, 0.717) is 19.1 Å². The first-order chi connectivity index (χ1) is 14.0. The van der Waals surface area contributed by atoms with Crippen LogP contribution in [0.15, 0.2) is 54.7 Å². The number of carboxylic acids is 1. The molecule has 0 aliphatic carbocycles. The van der Waals surface area contributed by atoms with Crippen molar-refractivity contribution >= 4 is 5.97 Å². The van der Waals surface area contributed by atoms with Gasteiger partial charge in [-0.2, -0.15) is 0 Å². The molecule has 2 aromatic carbocycles. The van der Waals surface area contributed by atoms with E-state index < -0.39 is 12.1 Å². The van der Waals surface area contributed by atoms with Gasteiger partial charge < -0.3 is 14.6 Å². The molecule has 0 bridgehead atoms. The average Bonchev–Trinajstić information content (AvgIpc) is 3.08. The molecule has 0 spiro atoms. The largest absolute Gasteiger partial charge is 0.481 e. The molecule has 0 saturated heterocycles. The Labute approximate surface area is 169 Å². The first kappa shape index (κ1) is 19.2. The van der Waals surface area contributed by atoms with Gasteiger partial charge in [-0.25, -0.2) is 4.98 Å². The molecule has 2 heterocycles. The van der Waals surface area contributed by atoms with E-state index in [-0.39, 0.29) is 6.42 Å².